The number of hydrogen-bond donors (Lipinski definition) is 0. The highest BCUT2D eigenvalue weighted by Crippen LogP contribution is 2.34. The Balaban J connectivity index is 2.78. The Labute approximate surface area is 77.5 Å². The lowest BCUT2D eigenvalue weighted by Gasteiger charge is -2.17. The quantitative estimate of drug-likeness (QED) is 0.505. The maximum Gasteiger partial charge on any atom is 0.204 e. The Kier molecular flexibility index (Phi) is 2.63. The fourth-order valence-electron chi connectivity index (χ4n) is 0.939. The Hall–Kier alpha value is -0.690. The van der Waals surface area contributed by atoms with E-state index in [9.17, 15) is 8.78 Å². The predicted molar refractivity (Wildman–Crippen MR) is 44.8 cm³/mol. The molecule has 2 unspecified atom stereocenters. The van der Waals surface area contributed by atoms with E-state index in [1.54, 1.807) is 0 Å². The molecule has 0 fully saturated rings. The van der Waals surface area contributed by atoms with Gasteiger partial charge in [-0.2, -0.15) is 5.26 Å². The Morgan fingerprint density at radius 3 is 2.92 bits per heavy atom. The average Bonchev–Trinajstić information content (AvgIpc) is 1.94. The molecule has 0 aromatic rings. The van der Waals surface area contributed by atoms with Gasteiger partial charge in [-0.3, -0.25) is 0 Å². The van der Waals surface area contributed by atoms with Gasteiger partial charge in [0.25, 0.3) is 0 Å². The molecule has 4 heteroatoms. The van der Waals surface area contributed by atoms with Crippen molar-refractivity contribution in [2.24, 2.45) is 5.92 Å². The summed E-state index contributed by atoms with van der Waals surface area (Å²) in [6.07, 6.45) is 3.42. The molecule has 0 heterocycles. The first kappa shape index (κ1) is 9.40. The van der Waals surface area contributed by atoms with Crippen LogP contribution in [0.25, 0.3) is 0 Å². The fraction of sp³-hybridized carbons (Fsp3) is 0.375. The van der Waals surface area contributed by atoms with E-state index < -0.39 is 16.3 Å². The first-order chi connectivity index (χ1) is 5.55. The van der Waals surface area contributed by atoms with Gasteiger partial charge in [0.2, 0.25) is 4.58 Å². The molecule has 0 radical (unpaired) electrons. The zero-order valence-electron chi connectivity index (χ0n) is 6.10. The molecule has 0 saturated carbocycles. The van der Waals surface area contributed by atoms with Crippen LogP contribution in [-0.4, -0.2) is 4.58 Å². The first-order valence-electron chi connectivity index (χ1n) is 3.37. The molecule has 0 aliphatic heterocycles. The lowest BCUT2D eigenvalue weighted by Crippen LogP contribution is -2.13. The highest BCUT2D eigenvalue weighted by atomic mass is 79.9. The van der Waals surface area contributed by atoms with Gasteiger partial charge >= 0.3 is 0 Å². The van der Waals surface area contributed by atoms with Crippen LogP contribution in [0, 0.1) is 17.2 Å². The maximum atomic E-state index is 13.0. The van der Waals surface area contributed by atoms with Gasteiger partial charge in [-0.05, 0) is 28.1 Å². The van der Waals surface area contributed by atoms with Crippen LogP contribution in [0.15, 0.2) is 24.1 Å². The molecule has 64 valence electrons. The average molecular weight is 234 g/mol. The van der Waals surface area contributed by atoms with E-state index in [-0.39, 0.29) is 6.42 Å². The molecule has 0 saturated heterocycles. The van der Waals surface area contributed by atoms with Gasteiger partial charge in [-0.25, -0.2) is 8.78 Å². The molecule has 0 amide bonds. The first-order valence-corrected chi connectivity index (χ1v) is 4.17. The van der Waals surface area contributed by atoms with Gasteiger partial charge < -0.3 is 0 Å². The summed E-state index contributed by atoms with van der Waals surface area (Å²) in [5, 5.41) is 8.28. The van der Waals surface area contributed by atoms with E-state index in [1.165, 1.54) is 12.2 Å². The summed E-state index contributed by atoms with van der Waals surface area (Å²) >= 11 is 2.66. The van der Waals surface area contributed by atoms with Crippen LogP contribution in [0.4, 0.5) is 8.78 Å². The molecule has 1 aliphatic rings. The zero-order valence-corrected chi connectivity index (χ0v) is 7.68. The van der Waals surface area contributed by atoms with E-state index in [0.717, 1.165) is 6.08 Å². The van der Waals surface area contributed by atoms with Crippen LogP contribution in [0.5, 0.6) is 0 Å². The maximum absolute atomic E-state index is 13.0. The molecule has 0 N–H and O–H groups in total. The second-order valence-electron chi connectivity index (χ2n) is 2.53. The van der Waals surface area contributed by atoms with E-state index in [2.05, 4.69) is 15.9 Å². The van der Waals surface area contributed by atoms with Crippen molar-refractivity contribution in [2.75, 3.05) is 0 Å². The molecule has 2 atom stereocenters. The largest absolute Gasteiger partial charge is 0.222 e. The molecule has 12 heavy (non-hydrogen) atoms. The van der Waals surface area contributed by atoms with E-state index in [4.69, 9.17) is 5.26 Å². The van der Waals surface area contributed by atoms with Crippen molar-refractivity contribution < 1.29 is 8.78 Å². The Bertz CT molecular complexity index is 275. The molecular weight excluding hydrogens is 228 g/mol. The molecule has 1 nitrogen and oxygen atoms in total. The summed E-state index contributed by atoms with van der Waals surface area (Å²) in [4.78, 5) is 0. The van der Waals surface area contributed by atoms with Crippen LogP contribution >= 0.6 is 15.9 Å². The number of rotatable bonds is 1. The standard InChI is InChI=1S/C8H6BrF2N/c9-8(11)3-1-6(2-4-12)7(10)5-8/h1,3,5-6H,2H2. The summed E-state index contributed by atoms with van der Waals surface area (Å²) in [6.45, 7) is 0. The second-order valence-corrected chi connectivity index (χ2v) is 3.75. The number of hydrogen-bond acceptors (Lipinski definition) is 1. The Morgan fingerprint density at radius 1 is 1.75 bits per heavy atom. The van der Waals surface area contributed by atoms with Gasteiger partial charge in [0.05, 0.1) is 6.07 Å². The van der Waals surface area contributed by atoms with Gasteiger partial charge in [-0.1, -0.05) is 6.08 Å². The molecule has 1 rings (SSSR count). The van der Waals surface area contributed by atoms with Crippen LogP contribution in [0.1, 0.15) is 6.42 Å². The topological polar surface area (TPSA) is 23.8 Å². The van der Waals surface area contributed by atoms with Crippen LogP contribution < -0.4 is 0 Å². The number of nitriles is 1. The van der Waals surface area contributed by atoms with Crippen molar-refractivity contribution >= 4 is 15.9 Å². The third-order valence-electron chi connectivity index (χ3n) is 1.55. The summed E-state index contributed by atoms with van der Waals surface area (Å²) < 4.78 is 24.0. The monoisotopic (exact) mass is 233 g/mol. The van der Waals surface area contributed by atoms with Crippen molar-refractivity contribution in [2.45, 2.75) is 11.0 Å². The number of nitrogens with zero attached hydrogens (tertiary/aromatic N) is 1. The lowest BCUT2D eigenvalue weighted by molar-refractivity contribution is 0.402. The molecule has 0 bridgehead atoms. The van der Waals surface area contributed by atoms with E-state index >= 15 is 0 Å². The zero-order chi connectivity index (χ0) is 9.19. The summed E-state index contributed by atoms with van der Waals surface area (Å²) in [5.41, 5.74) is 0. The number of allylic oxidation sites excluding steroid dienone is 4. The fourth-order valence-corrected chi connectivity index (χ4v) is 1.31. The van der Waals surface area contributed by atoms with Gasteiger partial charge in [0, 0.05) is 12.3 Å². The smallest absolute Gasteiger partial charge is 0.204 e. The third kappa shape index (κ3) is 2.15. The molecule has 0 aromatic carbocycles. The molecular formula is C8H6BrF2N. The van der Waals surface area contributed by atoms with Crippen LogP contribution in [0.3, 0.4) is 0 Å². The van der Waals surface area contributed by atoms with Gasteiger partial charge in [0.15, 0.2) is 0 Å². The highest BCUT2D eigenvalue weighted by molar-refractivity contribution is 9.10. The van der Waals surface area contributed by atoms with Crippen molar-refractivity contribution in [3.63, 3.8) is 0 Å². The van der Waals surface area contributed by atoms with Crippen LogP contribution in [0.2, 0.25) is 0 Å². The van der Waals surface area contributed by atoms with Crippen molar-refractivity contribution in [1.29, 1.82) is 5.26 Å². The molecule has 1 aliphatic carbocycles. The molecule has 0 spiro atoms. The minimum absolute atomic E-state index is 0.0436. The van der Waals surface area contributed by atoms with Gasteiger partial charge in [0.1, 0.15) is 5.83 Å². The number of halogens is 3. The highest BCUT2D eigenvalue weighted by Gasteiger charge is 2.27. The lowest BCUT2D eigenvalue weighted by atomic mass is 9.98. The molecule has 0 aromatic heterocycles. The van der Waals surface area contributed by atoms with Crippen molar-refractivity contribution in [3.05, 3.63) is 24.1 Å². The van der Waals surface area contributed by atoms with Gasteiger partial charge in [-0.15, -0.1) is 0 Å². The summed E-state index contributed by atoms with van der Waals surface area (Å²) in [7, 11) is 0. The second kappa shape index (κ2) is 3.36. The predicted octanol–water partition coefficient (Wildman–Crippen LogP) is 3.00. The van der Waals surface area contributed by atoms with E-state index in [0.29, 0.717) is 0 Å². The van der Waals surface area contributed by atoms with E-state index in [1.807, 2.05) is 6.07 Å². The summed E-state index contributed by atoms with van der Waals surface area (Å²) in [6, 6.07) is 1.83. The van der Waals surface area contributed by atoms with Crippen LogP contribution in [-0.2, 0) is 0 Å². The summed E-state index contributed by atoms with van der Waals surface area (Å²) in [5.74, 6) is -1.19. The minimum Gasteiger partial charge on any atom is -0.222 e. The van der Waals surface area contributed by atoms with Crippen molar-refractivity contribution in [1.82, 2.24) is 0 Å². The third-order valence-corrected chi connectivity index (χ3v) is 2.04. The number of alkyl halides is 2. The van der Waals surface area contributed by atoms with Crippen molar-refractivity contribution in [3.8, 4) is 6.07 Å². The SMILES string of the molecule is N#CCC1C=CC(F)(Br)C=C1F. The Morgan fingerprint density at radius 2 is 2.42 bits per heavy atom. The minimum atomic E-state index is -1.89. The normalized spacial score (nSPS) is 34.2.